The fourth-order valence-corrected chi connectivity index (χ4v) is 2.54. The lowest BCUT2D eigenvalue weighted by atomic mass is 10.3. The molecule has 0 saturated carbocycles. The summed E-state index contributed by atoms with van der Waals surface area (Å²) < 4.78 is 29.2. The third-order valence-electron chi connectivity index (χ3n) is 2.50. The van der Waals surface area contributed by atoms with Gasteiger partial charge in [-0.2, -0.15) is 0 Å². The second-order valence-electron chi connectivity index (χ2n) is 3.83. The van der Waals surface area contributed by atoms with Crippen LogP contribution >= 0.6 is 10.7 Å². The number of rotatable bonds is 5. The van der Waals surface area contributed by atoms with Gasteiger partial charge < -0.3 is 9.72 Å². The van der Waals surface area contributed by atoms with E-state index in [1.807, 2.05) is 0 Å². The van der Waals surface area contributed by atoms with Gasteiger partial charge in [0.2, 0.25) is 5.56 Å². The predicted molar refractivity (Wildman–Crippen MR) is 71.0 cm³/mol. The number of nitrogens with one attached hydrogen (secondary N) is 1. The molecule has 0 unspecified atom stereocenters. The molecule has 0 spiro atoms. The van der Waals surface area contributed by atoms with E-state index in [1.54, 1.807) is 0 Å². The van der Waals surface area contributed by atoms with E-state index in [-0.39, 0.29) is 29.7 Å². The molecule has 2 aromatic rings. The summed E-state index contributed by atoms with van der Waals surface area (Å²) in [7, 11) is 2.78. The Bertz CT molecular complexity index is 747. The second kappa shape index (κ2) is 5.73. The van der Waals surface area contributed by atoms with Crippen molar-refractivity contribution in [2.24, 2.45) is 0 Å². The first-order valence-corrected chi connectivity index (χ1v) is 7.80. The van der Waals surface area contributed by atoms with Crippen LogP contribution in [0.3, 0.4) is 0 Å². The molecule has 20 heavy (non-hydrogen) atoms. The van der Waals surface area contributed by atoms with Crippen LogP contribution in [0.15, 0.2) is 28.3 Å². The number of pyridine rings is 1. The van der Waals surface area contributed by atoms with Crippen LogP contribution in [0, 0.1) is 0 Å². The van der Waals surface area contributed by atoms with Crippen LogP contribution in [0.2, 0.25) is 0 Å². The summed E-state index contributed by atoms with van der Waals surface area (Å²) >= 11 is 0. The topological polar surface area (TPSA) is 107 Å². The van der Waals surface area contributed by atoms with Crippen LogP contribution in [0.4, 0.5) is 0 Å². The highest BCUT2D eigenvalue weighted by molar-refractivity contribution is 8.13. The summed E-state index contributed by atoms with van der Waals surface area (Å²) in [5.74, 6) is 0.275. The van der Waals surface area contributed by atoms with Crippen LogP contribution < -0.4 is 5.56 Å². The summed E-state index contributed by atoms with van der Waals surface area (Å²) in [5, 5.41) is 7.03. The lowest BCUT2D eigenvalue weighted by Crippen LogP contribution is -2.12. The van der Waals surface area contributed by atoms with Crippen LogP contribution in [-0.2, 0) is 20.3 Å². The molecular weight excluding hydrogens is 308 g/mol. The lowest BCUT2D eigenvalue weighted by Gasteiger charge is -2.07. The molecule has 2 rings (SSSR count). The number of methoxy groups -OCH3 is 1. The molecule has 0 aliphatic heterocycles. The number of hydrogen-bond acceptors (Lipinski definition) is 6. The molecule has 10 heteroatoms. The van der Waals surface area contributed by atoms with Gasteiger partial charge in [-0.05, 0) is 6.07 Å². The first-order valence-electron chi connectivity index (χ1n) is 5.49. The molecule has 0 radical (unpaired) electrons. The SMILES string of the molecule is COCCn1c(-c2ccc(=O)[nH]c2)nnc1S(=O)(=O)Cl. The van der Waals surface area contributed by atoms with Crippen LogP contribution in [-0.4, -0.2) is 41.9 Å². The maximum absolute atomic E-state index is 11.5. The van der Waals surface area contributed by atoms with Gasteiger partial charge in [0.15, 0.2) is 5.82 Å². The smallest absolute Gasteiger partial charge is 0.296 e. The van der Waals surface area contributed by atoms with Crippen LogP contribution in [0.1, 0.15) is 0 Å². The molecule has 0 bridgehead atoms. The number of aromatic amines is 1. The summed E-state index contributed by atoms with van der Waals surface area (Å²) in [6.07, 6.45) is 1.42. The van der Waals surface area contributed by atoms with Crippen molar-refractivity contribution in [1.29, 1.82) is 0 Å². The van der Waals surface area contributed by atoms with Crippen molar-refractivity contribution in [3.8, 4) is 11.4 Å². The van der Waals surface area contributed by atoms with E-state index in [2.05, 4.69) is 15.2 Å². The van der Waals surface area contributed by atoms with Crippen molar-refractivity contribution < 1.29 is 13.2 Å². The number of hydrogen-bond donors (Lipinski definition) is 1. The van der Waals surface area contributed by atoms with Crippen molar-refractivity contribution in [2.75, 3.05) is 13.7 Å². The third kappa shape index (κ3) is 3.06. The van der Waals surface area contributed by atoms with Gasteiger partial charge >= 0.3 is 0 Å². The van der Waals surface area contributed by atoms with E-state index < -0.39 is 9.05 Å². The Hall–Kier alpha value is -1.71. The fourth-order valence-electron chi connectivity index (χ4n) is 1.62. The molecule has 108 valence electrons. The van der Waals surface area contributed by atoms with Gasteiger partial charge in [-0.1, -0.05) is 0 Å². The maximum atomic E-state index is 11.5. The molecule has 8 nitrogen and oxygen atoms in total. The Morgan fingerprint density at radius 2 is 2.15 bits per heavy atom. The van der Waals surface area contributed by atoms with Crippen molar-refractivity contribution in [2.45, 2.75) is 11.7 Å². The molecule has 0 atom stereocenters. The van der Waals surface area contributed by atoms with Crippen molar-refractivity contribution >= 4 is 19.7 Å². The second-order valence-corrected chi connectivity index (χ2v) is 6.29. The van der Waals surface area contributed by atoms with E-state index in [0.717, 1.165) is 0 Å². The number of H-pyrrole nitrogens is 1. The molecule has 2 heterocycles. The highest BCUT2D eigenvalue weighted by Crippen LogP contribution is 2.21. The fraction of sp³-hybridized carbons (Fsp3) is 0.300. The quantitative estimate of drug-likeness (QED) is 0.790. The van der Waals surface area contributed by atoms with Crippen LogP contribution in [0.25, 0.3) is 11.4 Å². The number of nitrogens with zero attached hydrogens (tertiary/aromatic N) is 3. The van der Waals surface area contributed by atoms with Gasteiger partial charge in [0, 0.05) is 35.6 Å². The van der Waals surface area contributed by atoms with Gasteiger partial charge in [0.05, 0.1) is 13.2 Å². The zero-order chi connectivity index (χ0) is 14.8. The molecular formula is C10H11ClN4O4S. The Morgan fingerprint density at radius 3 is 2.70 bits per heavy atom. The van der Waals surface area contributed by atoms with E-state index >= 15 is 0 Å². The average molecular weight is 319 g/mol. The van der Waals surface area contributed by atoms with Gasteiger partial charge in [0.1, 0.15) is 0 Å². The maximum Gasteiger partial charge on any atom is 0.296 e. The lowest BCUT2D eigenvalue weighted by molar-refractivity contribution is 0.185. The normalized spacial score (nSPS) is 11.7. The summed E-state index contributed by atoms with van der Waals surface area (Å²) in [6, 6.07) is 2.82. The first kappa shape index (κ1) is 14.7. The zero-order valence-corrected chi connectivity index (χ0v) is 12.0. The standard InChI is InChI=1S/C10H11ClN4O4S/c1-19-5-4-15-9(7-2-3-8(16)12-6-7)13-14-10(15)20(11,17)18/h2-3,6H,4-5H2,1H3,(H,12,16). The van der Waals surface area contributed by atoms with Gasteiger partial charge in [-0.15, -0.1) is 10.2 Å². The minimum atomic E-state index is -4.03. The largest absolute Gasteiger partial charge is 0.383 e. The van der Waals surface area contributed by atoms with E-state index in [4.69, 9.17) is 15.4 Å². The highest BCUT2D eigenvalue weighted by atomic mass is 35.7. The number of halogens is 1. The molecule has 1 N–H and O–H groups in total. The molecule has 0 aromatic carbocycles. The first-order chi connectivity index (χ1) is 9.43. The van der Waals surface area contributed by atoms with Gasteiger partial charge in [-0.3, -0.25) is 9.36 Å². The highest BCUT2D eigenvalue weighted by Gasteiger charge is 2.23. The van der Waals surface area contributed by atoms with Gasteiger partial charge in [-0.25, -0.2) is 8.42 Å². The average Bonchev–Trinajstić information content (AvgIpc) is 2.81. The minimum Gasteiger partial charge on any atom is -0.383 e. The Kier molecular flexibility index (Phi) is 4.21. The van der Waals surface area contributed by atoms with Crippen LogP contribution in [0.5, 0.6) is 0 Å². The minimum absolute atomic E-state index is 0.208. The van der Waals surface area contributed by atoms with Gasteiger partial charge in [0.25, 0.3) is 14.2 Å². The molecule has 0 saturated heterocycles. The molecule has 2 aromatic heterocycles. The Morgan fingerprint density at radius 1 is 1.40 bits per heavy atom. The Balaban J connectivity index is 2.55. The molecule has 0 aliphatic rings. The van der Waals surface area contributed by atoms with Crippen molar-refractivity contribution in [1.82, 2.24) is 19.7 Å². The summed E-state index contributed by atoms with van der Waals surface area (Å²) in [6.45, 7) is 0.465. The van der Waals surface area contributed by atoms with E-state index in [1.165, 1.54) is 30.0 Å². The summed E-state index contributed by atoms with van der Waals surface area (Å²) in [5.41, 5.74) is 0.238. The van der Waals surface area contributed by atoms with Crippen molar-refractivity contribution in [3.63, 3.8) is 0 Å². The molecule has 0 aliphatic carbocycles. The molecule has 0 fully saturated rings. The number of aromatic nitrogens is 4. The molecule has 0 amide bonds. The van der Waals surface area contributed by atoms with E-state index in [9.17, 15) is 13.2 Å². The Labute approximate surface area is 118 Å². The third-order valence-corrected chi connectivity index (χ3v) is 3.65. The monoisotopic (exact) mass is 318 g/mol. The predicted octanol–water partition coefficient (Wildman–Crippen LogP) is 0.207. The summed E-state index contributed by atoms with van der Waals surface area (Å²) in [4.78, 5) is 13.5. The van der Waals surface area contributed by atoms with Crippen molar-refractivity contribution in [3.05, 3.63) is 28.7 Å². The zero-order valence-electron chi connectivity index (χ0n) is 10.4. The van der Waals surface area contributed by atoms with E-state index in [0.29, 0.717) is 5.56 Å². The number of ether oxygens (including phenoxy) is 1.